The summed E-state index contributed by atoms with van der Waals surface area (Å²) in [5, 5.41) is 3.67. The maximum absolute atomic E-state index is 11.9. The van der Waals surface area contributed by atoms with E-state index in [4.69, 9.17) is 11.6 Å². The molecule has 0 atom stereocenters. The molecule has 2 rings (SSSR count). The smallest absolute Gasteiger partial charge is 0.225 e. The van der Waals surface area contributed by atoms with Crippen LogP contribution >= 0.6 is 23.4 Å². The summed E-state index contributed by atoms with van der Waals surface area (Å²) in [7, 11) is 0. The maximum atomic E-state index is 11.9. The highest BCUT2D eigenvalue weighted by molar-refractivity contribution is 7.99. The molecule has 0 bridgehead atoms. The molecular formula is C17H18ClNOS. The summed E-state index contributed by atoms with van der Waals surface area (Å²) < 4.78 is 0. The zero-order chi connectivity index (χ0) is 15.2. The van der Waals surface area contributed by atoms with E-state index in [0.717, 1.165) is 32.5 Å². The van der Waals surface area contributed by atoms with Crippen molar-refractivity contribution in [2.45, 2.75) is 25.2 Å². The number of thioether (sulfide) groups is 1. The Labute approximate surface area is 134 Å². The minimum Gasteiger partial charge on any atom is -0.326 e. The standard InChI is InChI=1S/C17H18ClNOS/c1-12-9-13(2)11-15(10-12)19-17(20)7-8-21-16-5-3-14(18)4-6-16/h3-6,9-11H,7-8H2,1-2H3,(H,19,20). The van der Waals surface area contributed by atoms with Gasteiger partial charge in [-0.25, -0.2) is 0 Å². The molecule has 4 heteroatoms. The van der Waals surface area contributed by atoms with Gasteiger partial charge in [-0.05, 0) is 61.4 Å². The molecule has 2 aromatic rings. The van der Waals surface area contributed by atoms with Crippen molar-refractivity contribution in [3.05, 3.63) is 58.6 Å². The summed E-state index contributed by atoms with van der Waals surface area (Å²) in [6.45, 7) is 4.05. The molecule has 0 saturated heterocycles. The van der Waals surface area contributed by atoms with Crippen LogP contribution < -0.4 is 5.32 Å². The molecule has 0 aliphatic heterocycles. The second kappa shape index (κ2) is 7.53. The van der Waals surface area contributed by atoms with Crippen LogP contribution in [-0.2, 0) is 4.79 Å². The molecule has 0 aliphatic rings. The van der Waals surface area contributed by atoms with Crippen molar-refractivity contribution in [1.29, 1.82) is 0 Å². The van der Waals surface area contributed by atoms with Crippen molar-refractivity contribution in [3.8, 4) is 0 Å². The number of anilines is 1. The first-order valence-electron chi connectivity index (χ1n) is 6.79. The number of hydrogen-bond donors (Lipinski definition) is 1. The maximum Gasteiger partial charge on any atom is 0.225 e. The third-order valence-electron chi connectivity index (χ3n) is 2.92. The third-order valence-corrected chi connectivity index (χ3v) is 4.18. The number of hydrogen-bond acceptors (Lipinski definition) is 2. The predicted octanol–water partition coefficient (Wildman–Crippen LogP) is 5.08. The van der Waals surface area contributed by atoms with Gasteiger partial charge in [0.25, 0.3) is 0 Å². The quantitative estimate of drug-likeness (QED) is 0.779. The van der Waals surface area contributed by atoms with Gasteiger partial charge in [0.2, 0.25) is 5.91 Å². The molecule has 0 unspecified atom stereocenters. The molecule has 110 valence electrons. The Morgan fingerprint density at radius 1 is 1.10 bits per heavy atom. The Hall–Kier alpha value is -1.45. The van der Waals surface area contributed by atoms with Crippen LogP contribution in [-0.4, -0.2) is 11.7 Å². The Morgan fingerprint density at radius 2 is 1.71 bits per heavy atom. The Kier molecular flexibility index (Phi) is 5.71. The van der Waals surface area contributed by atoms with Crippen molar-refractivity contribution in [2.24, 2.45) is 0 Å². The number of rotatable bonds is 5. The van der Waals surface area contributed by atoms with E-state index in [9.17, 15) is 4.79 Å². The lowest BCUT2D eigenvalue weighted by Crippen LogP contribution is -2.12. The van der Waals surface area contributed by atoms with Gasteiger partial charge in [0.15, 0.2) is 0 Å². The summed E-state index contributed by atoms with van der Waals surface area (Å²) >= 11 is 7.49. The van der Waals surface area contributed by atoms with Crippen LogP contribution in [0.1, 0.15) is 17.5 Å². The van der Waals surface area contributed by atoms with Gasteiger partial charge in [-0.2, -0.15) is 0 Å². The Bertz CT molecular complexity index is 605. The van der Waals surface area contributed by atoms with E-state index in [1.807, 2.05) is 50.2 Å². The molecule has 0 aromatic heterocycles. The van der Waals surface area contributed by atoms with Crippen molar-refractivity contribution in [1.82, 2.24) is 0 Å². The van der Waals surface area contributed by atoms with E-state index < -0.39 is 0 Å². The fourth-order valence-corrected chi connectivity index (χ4v) is 3.04. The van der Waals surface area contributed by atoms with Crippen LogP contribution in [0.5, 0.6) is 0 Å². The molecule has 0 spiro atoms. The van der Waals surface area contributed by atoms with Crippen LogP contribution in [0.4, 0.5) is 5.69 Å². The van der Waals surface area contributed by atoms with Crippen LogP contribution in [0.2, 0.25) is 5.02 Å². The Morgan fingerprint density at radius 3 is 2.33 bits per heavy atom. The van der Waals surface area contributed by atoms with E-state index in [0.29, 0.717) is 6.42 Å². The highest BCUT2D eigenvalue weighted by Crippen LogP contribution is 2.21. The highest BCUT2D eigenvalue weighted by atomic mass is 35.5. The Balaban J connectivity index is 1.80. The number of halogens is 1. The summed E-state index contributed by atoms with van der Waals surface area (Å²) in [4.78, 5) is 13.1. The first kappa shape index (κ1) is 15.9. The lowest BCUT2D eigenvalue weighted by Gasteiger charge is -2.07. The van der Waals surface area contributed by atoms with Crippen LogP contribution in [0.15, 0.2) is 47.4 Å². The van der Waals surface area contributed by atoms with Crippen LogP contribution in [0.25, 0.3) is 0 Å². The lowest BCUT2D eigenvalue weighted by atomic mass is 10.1. The molecule has 0 heterocycles. The van der Waals surface area contributed by atoms with Gasteiger partial charge >= 0.3 is 0 Å². The van der Waals surface area contributed by atoms with Gasteiger partial charge in [0, 0.05) is 27.8 Å². The molecule has 0 fully saturated rings. The molecule has 1 amide bonds. The number of carbonyl (C=O) groups excluding carboxylic acids is 1. The summed E-state index contributed by atoms with van der Waals surface area (Å²) in [5.74, 6) is 0.791. The monoisotopic (exact) mass is 319 g/mol. The second-order valence-corrected chi connectivity index (χ2v) is 6.58. The van der Waals surface area contributed by atoms with Crippen LogP contribution in [0.3, 0.4) is 0 Å². The molecule has 0 aliphatic carbocycles. The van der Waals surface area contributed by atoms with Gasteiger partial charge in [-0.15, -0.1) is 11.8 Å². The molecule has 2 aromatic carbocycles. The first-order valence-corrected chi connectivity index (χ1v) is 8.16. The molecule has 1 N–H and O–H groups in total. The van der Waals surface area contributed by atoms with Gasteiger partial charge in [-0.3, -0.25) is 4.79 Å². The highest BCUT2D eigenvalue weighted by Gasteiger charge is 2.04. The lowest BCUT2D eigenvalue weighted by molar-refractivity contribution is -0.115. The number of nitrogens with one attached hydrogen (secondary N) is 1. The van der Waals surface area contributed by atoms with E-state index in [1.54, 1.807) is 11.8 Å². The van der Waals surface area contributed by atoms with Crippen molar-refractivity contribution < 1.29 is 4.79 Å². The van der Waals surface area contributed by atoms with Gasteiger partial charge in [-0.1, -0.05) is 17.7 Å². The molecule has 0 saturated carbocycles. The number of amides is 1. The van der Waals surface area contributed by atoms with E-state index in [-0.39, 0.29) is 5.91 Å². The van der Waals surface area contributed by atoms with E-state index >= 15 is 0 Å². The molecule has 2 nitrogen and oxygen atoms in total. The largest absolute Gasteiger partial charge is 0.326 e. The third kappa shape index (κ3) is 5.44. The fraction of sp³-hybridized carbons (Fsp3) is 0.235. The van der Waals surface area contributed by atoms with Gasteiger partial charge in [0.1, 0.15) is 0 Å². The van der Waals surface area contributed by atoms with Crippen molar-refractivity contribution >= 4 is 35.0 Å². The first-order chi connectivity index (χ1) is 10.0. The molecule has 21 heavy (non-hydrogen) atoms. The number of benzene rings is 2. The predicted molar refractivity (Wildman–Crippen MR) is 91.3 cm³/mol. The number of aryl methyl sites for hydroxylation is 2. The van der Waals surface area contributed by atoms with Crippen molar-refractivity contribution in [3.63, 3.8) is 0 Å². The minimum absolute atomic E-state index is 0.0430. The average Bonchev–Trinajstić information content (AvgIpc) is 2.39. The molecule has 0 radical (unpaired) electrons. The number of carbonyl (C=O) groups is 1. The van der Waals surface area contributed by atoms with Gasteiger partial charge < -0.3 is 5.32 Å². The fourth-order valence-electron chi connectivity index (χ4n) is 2.06. The topological polar surface area (TPSA) is 29.1 Å². The zero-order valence-electron chi connectivity index (χ0n) is 12.2. The van der Waals surface area contributed by atoms with E-state index in [2.05, 4.69) is 11.4 Å². The minimum atomic E-state index is 0.0430. The summed E-state index contributed by atoms with van der Waals surface area (Å²) in [6, 6.07) is 13.7. The second-order valence-electron chi connectivity index (χ2n) is 4.98. The normalized spacial score (nSPS) is 10.4. The summed E-state index contributed by atoms with van der Waals surface area (Å²) in [5.41, 5.74) is 3.18. The van der Waals surface area contributed by atoms with Gasteiger partial charge in [0.05, 0.1) is 0 Å². The summed E-state index contributed by atoms with van der Waals surface area (Å²) in [6.07, 6.45) is 0.486. The SMILES string of the molecule is Cc1cc(C)cc(NC(=O)CCSc2ccc(Cl)cc2)c1. The van der Waals surface area contributed by atoms with E-state index in [1.165, 1.54) is 0 Å². The average molecular weight is 320 g/mol. The van der Waals surface area contributed by atoms with Crippen molar-refractivity contribution in [2.75, 3.05) is 11.1 Å². The zero-order valence-corrected chi connectivity index (χ0v) is 13.7. The van der Waals surface area contributed by atoms with Crippen LogP contribution in [0, 0.1) is 13.8 Å². The molecular weight excluding hydrogens is 302 g/mol.